The Morgan fingerprint density at radius 1 is 0.875 bits per heavy atom. The summed E-state index contributed by atoms with van der Waals surface area (Å²) in [5, 5.41) is 29.0. The average molecular weight is 431 g/mol. The van der Waals surface area contributed by atoms with Gasteiger partial charge in [0.15, 0.2) is 0 Å². The maximum Gasteiger partial charge on any atom is 0.336 e. The van der Waals surface area contributed by atoms with E-state index in [2.05, 4.69) is 17.2 Å². The number of hydrogen-bond donors (Lipinski definition) is 4. The lowest BCUT2D eigenvalue weighted by Crippen LogP contribution is -2.28. The summed E-state index contributed by atoms with van der Waals surface area (Å²) in [6.45, 7) is 13.7. The minimum Gasteiger partial charge on any atom is -0.507 e. The molecule has 0 saturated heterocycles. The number of aryl methyl sites for hydroxylation is 2. The van der Waals surface area contributed by atoms with E-state index in [1.165, 1.54) is 0 Å². The Balaban J connectivity index is 2.48. The zero-order valence-electron chi connectivity index (χ0n) is 19.0. The van der Waals surface area contributed by atoms with Crippen LogP contribution in [-0.2, 0) is 0 Å². The molecular weight excluding hydrogens is 400 g/mol. The predicted octanol–water partition coefficient (Wildman–Crippen LogP) is 4.23. The highest BCUT2D eigenvalue weighted by atomic mass is 16.4. The Kier molecular flexibility index (Phi) is 6.89. The van der Waals surface area contributed by atoms with Gasteiger partial charge in [0.2, 0.25) is 0 Å². The monoisotopic (exact) mass is 430 g/mol. The van der Waals surface area contributed by atoms with Crippen LogP contribution in [0.15, 0.2) is 48.5 Å². The Morgan fingerprint density at radius 3 is 2.03 bits per heavy atom. The molecule has 0 atom stereocenters. The lowest BCUT2D eigenvalue weighted by Gasteiger charge is -2.17. The van der Waals surface area contributed by atoms with Gasteiger partial charge in [0.1, 0.15) is 5.75 Å². The first-order chi connectivity index (χ1) is 15.3. The lowest BCUT2D eigenvalue weighted by molar-refractivity contribution is 0.0696. The summed E-state index contributed by atoms with van der Waals surface area (Å²) in [5.41, 5.74) is 5.70. The molecule has 0 bridgehead atoms. The predicted molar refractivity (Wildman–Crippen MR) is 132 cm³/mol. The van der Waals surface area contributed by atoms with E-state index in [1.54, 1.807) is 30.3 Å². The first kappa shape index (κ1) is 22.9. The van der Waals surface area contributed by atoms with Crippen LogP contribution in [0.4, 0.5) is 11.4 Å². The molecule has 5 heteroatoms. The summed E-state index contributed by atoms with van der Waals surface area (Å²) in [6, 6.07) is 14.4. The van der Waals surface area contributed by atoms with E-state index >= 15 is 0 Å². The normalized spacial score (nSPS) is 11.8. The van der Waals surface area contributed by atoms with Crippen LogP contribution in [0.2, 0.25) is 0 Å². The fourth-order valence-electron chi connectivity index (χ4n) is 3.97. The zero-order chi connectivity index (χ0) is 23.4. The van der Waals surface area contributed by atoms with Crippen LogP contribution in [0, 0.1) is 13.8 Å². The Hall–Kier alpha value is -3.73. The van der Waals surface area contributed by atoms with Gasteiger partial charge >= 0.3 is 5.97 Å². The van der Waals surface area contributed by atoms with Crippen molar-refractivity contribution >= 4 is 29.5 Å². The number of phenols is 1. The number of nitrogens with one attached hydrogen (secondary N) is 2. The van der Waals surface area contributed by atoms with Crippen LogP contribution in [-0.4, -0.2) is 29.3 Å². The number of carboxylic acids is 1. The number of rotatable bonds is 7. The molecule has 3 rings (SSSR count). The van der Waals surface area contributed by atoms with Crippen molar-refractivity contribution < 1.29 is 15.0 Å². The first-order valence-corrected chi connectivity index (χ1v) is 10.8. The Morgan fingerprint density at radius 2 is 1.44 bits per heavy atom. The number of hydrogen-bond acceptors (Lipinski definition) is 4. The fraction of sp³-hybridized carbons (Fsp3) is 0.222. The second kappa shape index (κ2) is 9.60. The molecule has 5 nitrogen and oxygen atoms in total. The summed E-state index contributed by atoms with van der Waals surface area (Å²) in [7, 11) is 0. The molecule has 0 spiro atoms. The molecule has 32 heavy (non-hydrogen) atoms. The van der Waals surface area contributed by atoms with Crippen LogP contribution >= 0.6 is 0 Å². The summed E-state index contributed by atoms with van der Waals surface area (Å²) in [4.78, 5) is 12.1. The van der Waals surface area contributed by atoms with E-state index in [4.69, 9.17) is 0 Å². The summed E-state index contributed by atoms with van der Waals surface area (Å²) in [5.74, 6) is -0.945. The molecule has 0 heterocycles. The lowest BCUT2D eigenvalue weighted by atomic mass is 9.89. The molecule has 4 N–H and O–H groups in total. The van der Waals surface area contributed by atoms with Gasteiger partial charge in [-0.15, -0.1) is 0 Å². The molecule has 0 radical (unpaired) electrons. The van der Waals surface area contributed by atoms with Gasteiger partial charge in [-0.1, -0.05) is 24.8 Å². The number of phenolic OH excluding ortho intramolecular Hbond substituents is 1. The third-order valence-electron chi connectivity index (χ3n) is 5.49. The van der Waals surface area contributed by atoms with E-state index in [0.29, 0.717) is 16.7 Å². The number of carbonyl (C=O) groups is 1. The quantitative estimate of drug-likeness (QED) is 0.451. The molecule has 0 aromatic heterocycles. The first-order valence-electron chi connectivity index (χ1n) is 10.8. The number of aromatic hydroxyl groups is 1. The van der Waals surface area contributed by atoms with Crippen LogP contribution in [0.5, 0.6) is 5.75 Å². The minimum absolute atomic E-state index is 0.0783. The molecule has 0 aliphatic carbocycles. The third kappa shape index (κ3) is 4.47. The molecule has 0 amide bonds. The highest BCUT2D eigenvalue weighted by molar-refractivity contribution is 5.97. The molecule has 3 aromatic rings. The van der Waals surface area contributed by atoms with E-state index in [1.807, 2.05) is 45.9 Å². The fourth-order valence-corrected chi connectivity index (χ4v) is 3.97. The van der Waals surface area contributed by atoms with Gasteiger partial charge in [-0.25, -0.2) is 4.79 Å². The molecule has 0 aliphatic rings. The van der Waals surface area contributed by atoms with Crippen molar-refractivity contribution in [2.24, 2.45) is 0 Å². The molecule has 0 aliphatic heterocycles. The summed E-state index contributed by atoms with van der Waals surface area (Å²) >= 11 is 0. The number of anilines is 2. The second-order valence-electron chi connectivity index (χ2n) is 7.79. The maximum absolute atomic E-state index is 12.1. The molecule has 0 unspecified atom stereocenters. The van der Waals surface area contributed by atoms with Crippen molar-refractivity contribution in [2.75, 3.05) is 23.7 Å². The average Bonchev–Trinajstić information content (AvgIpc) is 2.75. The molecular formula is C27H30N2O3. The number of aromatic carboxylic acids is 1. The van der Waals surface area contributed by atoms with Crippen molar-refractivity contribution in [1.29, 1.82) is 0 Å². The van der Waals surface area contributed by atoms with E-state index < -0.39 is 5.97 Å². The largest absolute Gasteiger partial charge is 0.507 e. The van der Waals surface area contributed by atoms with Crippen LogP contribution in [0.1, 0.15) is 46.5 Å². The highest BCUT2D eigenvalue weighted by Gasteiger charge is 2.19. The number of carboxylic acid groups (broad SMARTS) is 1. The summed E-state index contributed by atoms with van der Waals surface area (Å²) in [6.07, 6.45) is 0. The van der Waals surface area contributed by atoms with Crippen molar-refractivity contribution in [1.82, 2.24) is 0 Å². The topological polar surface area (TPSA) is 81.6 Å². The Bertz CT molecular complexity index is 1280. The summed E-state index contributed by atoms with van der Waals surface area (Å²) < 4.78 is 0. The SMILES string of the molecule is C=c1cc(NCC)c(C)c/c1=C(/c1cc(C)c(NCC)cc1O)c1ccccc1C(=O)O. The molecule has 166 valence electrons. The zero-order valence-corrected chi connectivity index (χ0v) is 19.0. The number of benzene rings is 3. The van der Waals surface area contributed by atoms with Crippen molar-refractivity contribution in [3.8, 4) is 5.75 Å². The van der Waals surface area contributed by atoms with Crippen LogP contribution in [0.25, 0.3) is 12.2 Å². The van der Waals surface area contributed by atoms with Gasteiger partial charge in [0.05, 0.1) is 5.56 Å². The van der Waals surface area contributed by atoms with Gasteiger partial charge in [-0.2, -0.15) is 0 Å². The van der Waals surface area contributed by atoms with E-state index in [0.717, 1.165) is 46.0 Å². The van der Waals surface area contributed by atoms with E-state index in [-0.39, 0.29) is 11.3 Å². The highest BCUT2D eigenvalue weighted by Crippen LogP contribution is 2.34. The molecule has 0 saturated carbocycles. The standard InChI is InChI=1S/C27H30N2O3/c1-6-28-23-14-16(3)21(12-17(23)4)26(19-10-8-9-11-20(19)27(31)32)22-13-18(5)24(29-7-2)15-25(22)30/h8-15,28-30H,3,6-7H2,1-2,4-5H3,(H,31,32)/b26-21-. The van der Waals surface area contributed by atoms with E-state index in [9.17, 15) is 15.0 Å². The van der Waals surface area contributed by atoms with Crippen molar-refractivity contribution in [2.45, 2.75) is 27.7 Å². The Labute approximate surface area is 188 Å². The maximum atomic E-state index is 12.1. The van der Waals surface area contributed by atoms with Gasteiger partial charge < -0.3 is 20.8 Å². The van der Waals surface area contributed by atoms with Gasteiger partial charge in [-0.05, 0) is 79.1 Å². The van der Waals surface area contributed by atoms with Crippen molar-refractivity contribution in [3.63, 3.8) is 0 Å². The van der Waals surface area contributed by atoms with Crippen molar-refractivity contribution in [3.05, 3.63) is 86.8 Å². The van der Waals surface area contributed by atoms with Gasteiger partial charge in [-0.3, -0.25) is 0 Å². The molecule has 3 aromatic carbocycles. The van der Waals surface area contributed by atoms with Crippen LogP contribution in [0.3, 0.4) is 0 Å². The van der Waals surface area contributed by atoms with Crippen LogP contribution < -0.4 is 21.1 Å². The molecule has 0 fully saturated rings. The smallest absolute Gasteiger partial charge is 0.336 e. The third-order valence-corrected chi connectivity index (χ3v) is 5.49. The van der Waals surface area contributed by atoms with Gasteiger partial charge in [0, 0.05) is 41.7 Å². The minimum atomic E-state index is -1.02. The second-order valence-corrected chi connectivity index (χ2v) is 7.79. The van der Waals surface area contributed by atoms with Gasteiger partial charge in [0.25, 0.3) is 0 Å².